The van der Waals surface area contributed by atoms with E-state index in [0.29, 0.717) is 12.1 Å². The van der Waals surface area contributed by atoms with E-state index >= 15 is 0 Å². The molecule has 0 saturated carbocycles. The SMILES string of the molecule is CC.CC.Cc1ccccc1CC(N)COC(=O)Nc1ccccc1. The van der Waals surface area contributed by atoms with Crippen LogP contribution >= 0.6 is 0 Å². The van der Waals surface area contributed by atoms with Crippen molar-refractivity contribution in [1.82, 2.24) is 0 Å². The van der Waals surface area contributed by atoms with Crippen molar-refractivity contribution in [2.75, 3.05) is 11.9 Å². The van der Waals surface area contributed by atoms with Crippen molar-refractivity contribution in [3.8, 4) is 0 Å². The van der Waals surface area contributed by atoms with Gasteiger partial charge in [-0.3, -0.25) is 5.32 Å². The number of hydrogen-bond donors (Lipinski definition) is 2. The van der Waals surface area contributed by atoms with Crippen LogP contribution in [0.5, 0.6) is 0 Å². The molecule has 0 spiro atoms. The van der Waals surface area contributed by atoms with Crippen molar-refractivity contribution < 1.29 is 9.53 Å². The molecule has 0 heterocycles. The number of aryl methyl sites for hydroxylation is 1. The van der Waals surface area contributed by atoms with Crippen LogP contribution in [0.25, 0.3) is 0 Å². The maximum absolute atomic E-state index is 11.6. The summed E-state index contributed by atoms with van der Waals surface area (Å²) < 4.78 is 5.14. The molecule has 0 aliphatic carbocycles. The van der Waals surface area contributed by atoms with Gasteiger partial charge in [-0.05, 0) is 36.6 Å². The summed E-state index contributed by atoms with van der Waals surface area (Å²) in [6.07, 6.45) is 0.201. The molecule has 1 unspecified atom stereocenters. The van der Waals surface area contributed by atoms with E-state index in [2.05, 4.69) is 5.32 Å². The van der Waals surface area contributed by atoms with E-state index in [0.717, 1.165) is 0 Å². The largest absolute Gasteiger partial charge is 0.448 e. The van der Waals surface area contributed by atoms with Crippen LogP contribution in [0.15, 0.2) is 54.6 Å². The number of amides is 1. The standard InChI is InChI=1S/C17H20N2O2.2C2H6/c1-13-7-5-6-8-14(13)11-15(18)12-21-17(20)19-16-9-3-2-4-10-16;2*1-2/h2-10,15H,11-12,18H2,1H3,(H,19,20);2*1-2H3. The molecule has 0 bridgehead atoms. The highest BCUT2D eigenvalue weighted by Crippen LogP contribution is 2.10. The number of para-hydroxylation sites is 1. The van der Waals surface area contributed by atoms with Crippen LogP contribution in [-0.4, -0.2) is 18.7 Å². The van der Waals surface area contributed by atoms with Gasteiger partial charge in [0.25, 0.3) is 0 Å². The number of anilines is 1. The highest BCUT2D eigenvalue weighted by Gasteiger charge is 2.09. The minimum absolute atomic E-state index is 0.188. The molecule has 2 aromatic rings. The molecule has 4 nitrogen and oxygen atoms in total. The topological polar surface area (TPSA) is 64.3 Å². The first-order valence-electron chi connectivity index (χ1n) is 8.94. The van der Waals surface area contributed by atoms with Crippen molar-refractivity contribution in [3.63, 3.8) is 0 Å². The molecular formula is C21H32N2O2. The zero-order valence-corrected chi connectivity index (χ0v) is 16.1. The Morgan fingerprint density at radius 2 is 1.56 bits per heavy atom. The number of ether oxygens (including phenoxy) is 1. The second kappa shape index (κ2) is 14.1. The van der Waals surface area contributed by atoms with E-state index in [9.17, 15) is 4.79 Å². The molecule has 4 heteroatoms. The molecule has 3 N–H and O–H groups in total. The summed E-state index contributed by atoms with van der Waals surface area (Å²) >= 11 is 0. The van der Waals surface area contributed by atoms with Crippen molar-refractivity contribution >= 4 is 11.8 Å². The fourth-order valence-electron chi connectivity index (χ4n) is 2.04. The first kappa shape index (κ1) is 22.7. The van der Waals surface area contributed by atoms with E-state index < -0.39 is 6.09 Å². The molecule has 0 saturated heterocycles. The average Bonchev–Trinajstić information content (AvgIpc) is 2.66. The van der Waals surface area contributed by atoms with Gasteiger partial charge < -0.3 is 10.5 Å². The highest BCUT2D eigenvalue weighted by molar-refractivity contribution is 5.84. The number of nitrogens with two attached hydrogens (primary N) is 1. The minimum Gasteiger partial charge on any atom is -0.448 e. The molecule has 0 radical (unpaired) electrons. The Balaban J connectivity index is 0.00000134. The maximum Gasteiger partial charge on any atom is 0.411 e. The van der Waals surface area contributed by atoms with Gasteiger partial charge in [-0.1, -0.05) is 70.2 Å². The third kappa shape index (κ3) is 9.52. The number of benzene rings is 2. The summed E-state index contributed by atoms with van der Waals surface area (Å²) in [5.41, 5.74) is 9.09. The highest BCUT2D eigenvalue weighted by atomic mass is 16.5. The molecule has 0 aliphatic rings. The summed E-state index contributed by atoms with van der Waals surface area (Å²) in [4.78, 5) is 11.6. The van der Waals surface area contributed by atoms with Gasteiger partial charge in [-0.25, -0.2) is 4.79 Å². The van der Waals surface area contributed by atoms with Gasteiger partial charge in [0, 0.05) is 11.7 Å². The molecule has 0 aromatic heterocycles. The third-order valence-corrected chi connectivity index (χ3v) is 3.19. The zero-order valence-electron chi connectivity index (χ0n) is 16.1. The van der Waals surface area contributed by atoms with E-state index in [4.69, 9.17) is 10.5 Å². The molecule has 138 valence electrons. The van der Waals surface area contributed by atoms with Gasteiger partial charge in [-0.15, -0.1) is 0 Å². The van der Waals surface area contributed by atoms with Gasteiger partial charge in [0.15, 0.2) is 0 Å². The molecule has 25 heavy (non-hydrogen) atoms. The van der Waals surface area contributed by atoms with Crippen LogP contribution in [0, 0.1) is 6.92 Å². The Hall–Kier alpha value is -2.33. The third-order valence-electron chi connectivity index (χ3n) is 3.19. The lowest BCUT2D eigenvalue weighted by atomic mass is 10.0. The number of hydrogen-bond acceptors (Lipinski definition) is 3. The zero-order chi connectivity index (χ0) is 19.1. The van der Waals surface area contributed by atoms with Crippen LogP contribution < -0.4 is 11.1 Å². The molecule has 0 fully saturated rings. The van der Waals surface area contributed by atoms with Gasteiger partial charge in [-0.2, -0.15) is 0 Å². The van der Waals surface area contributed by atoms with E-state index in [1.54, 1.807) is 12.1 Å². The summed E-state index contributed by atoms with van der Waals surface area (Å²) in [5, 5.41) is 2.66. The van der Waals surface area contributed by atoms with Crippen molar-refractivity contribution in [3.05, 3.63) is 65.7 Å². The first-order chi connectivity index (χ1) is 12.1. The lowest BCUT2D eigenvalue weighted by Gasteiger charge is -2.14. The molecule has 2 rings (SSSR count). The number of carbonyl (C=O) groups is 1. The Kier molecular flexibility index (Phi) is 12.7. The van der Waals surface area contributed by atoms with Crippen LogP contribution in [0.1, 0.15) is 38.8 Å². The van der Waals surface area contributed by atoms with Gasteiger partial charge in [0.1, 0.15) is 6.61 Å². The second-order valence-electron chi connectivity index (χ2n) is 4.98. The van der Waals surface area contributed by atoms with Gasteiger partial charge in [0.2, 0.25) is 0 Å². The Morgan fingerprint density at radius 1 is 1.00 bits per heavy atom. The number of carbonyl (C=O) groups excluding carboxylic acids is 1. The molecule has 1 amide bonds. The summed E-state index contributed by atoms with van der Waals surface area (Å²) in [7, 11) is 0. The van der Waals surface area contributed by atoms with Crippen LogP contribution in [0.3, 0.4) is 0 Å². The van der Waals surface area contributed by atoms with Crippen LogP contribution in [0.2, 0.25) is 0 Å². The quantitative estimate of drug-likeness (QED) is 0.787. The van der Waals surface area contributed by atoms with Gasteiger partial charge in [0.05, 0.1) is 0 Å². The molecule has 1 atom stereocenters. The summed E-state index contributed by atoms with van der Waals surface area (Å²) in [5.74, 6) is 0. The Bertz CT molecular complexity index is 585. The van der Waals surface area contributed by atoms with E-state index in [1.807, 2.05) is 77.1 Å². The maximum atomic E-state index is 11.6. The van der Waals surface area contributed by atoms with Crippen LogP contribution in [-0.2, 0) is 11.2 Å². The molecule has 2 aromatic carbocycles. The lowest BCUT2D eigenvalue weighted by Crippen LogP contribution is -2.31. The average molecular weight is 344 g/mol. The predicted octanol–water partition coefficient (Wildman–Crippen LogP) is 5.17. The first-order valence-corrected chi connectivity index (χ1v) is 8.94. The minimum atomic E-state index is -0.485. The smallest absolute Gasteiger partial charge is 0.411 e. The Labute approximate surface area is 152 Å². The summed E-state index contributed by atoms with van der Waals surface area (Å²) in [6, 6.07) is 17.0. The van der Waals surface area contributed by atoms with E-state index in [-0.39, 0.29) is 12.6 Å². The Morgan fingerprint density at radius 3 is 2.16 bits per heavy atom. The summed E-state index contributed by atoms with van der Waals surface area (Å²) in [6.45, 7) is 10.2. The normalized spacial score (nSPS) is 10.3. The van der Waals surface area contributed by atoms with Crippen molar-refractivity contribution in [2.24, 2.45) is 5.73 Å². The van der Waals surface area contributed by atoms with Crippen molar-refractivity contribution in [2.45, 2.75) is 47.1 Å². The fourth-order valence-corrected chi connectivity index (χ4v) is 2.04. The fraction of sp³-hybridized carbons (Fsp3) is 0.381. The second-order valence-corrected chi connectivity index (χ2v) is 4.98. The van der Waals surface area contributed by atoms with E-state index in [1.165, 1.54) is 11.1 Å². The number of nitrogens with one attached hydrogen (secondary N) is 1. The predicted molar refractivity (Wildman–Crippen MR) is 107 cm³/mol. The molecular weight excluding hydrogens is 312 g/mol. The van der Waals surface area contributed by atoms with Crippen LogP contribution in [0.4, 0.5) is 10.5 Å². The van der Waals surface area contributed by atoms with Gasteiger partial charge >= 0.3 is 6.09 Å². The molecule has 0 aliphatic heterocycles. The number of rotatable bonds is 5. The lowest BCUT2D eigenvalue weighted by molar-refractivity contribution is 0.154. The van der Waals surface area contributed by atoms with Crippen molar-refractivity contribution in [1.29, 1.82) is 0 Å². The monoisotopic (exact) mass is 344 g/mol.